The molecular weight excluding hydrogens is 395 g/mol. The molecule has 2 aromatic carbocycles. The molecule has 138 valence electrons. The van der Waals surface area contributed by atoms with Crippen molar-refractivity contribution in [3.8, 4) is 5.75 Å². The topological polar surface area (TPSA) is 115 Å². The molecule has 0 spiro atoms. The highest BCUT2D eigenvalue weighted by molar-refractivity contribution is 6.38. The summed E-state index contributed by atoms with van der Waals surface area (Å²) in [5.41, 5.74) is 5.65. The summed E-state index contributed by atoms with van der Waals surface area (Å²) in [6, 6.07) is 8.59. The maximum atomic E-state index is 11.9. The van der Waals surface area contributed by atoms with Gasteiger partial charge in [-0.15, -0.1) is 0 Å². The number of aromatic carboxylic acids is 1. The van der Waals surface area contributed by atoms with Crippen LogP contribution in [-0.4, -0.2) is 24.1 Å². The van der Waals surface area contributed by atoms with Crippen LogP contribution in [0.3, 0.4) is 0 Å². The minimum atomic E-state index is -1.14. The van der Waals surface area contributed by atoms with Crippen molar-refractivity contribution in [2.75, 3.05) is 7.11 Å². The largest absolute Gasteiger partial charge is 0.494 e. The molecule has 27 heavy (non-hydrogen) atoms. The van der Waals surface area contributed by atoms with E-state index in [0.717, 1.165) is 0 Å². The zero-order valence-electron chi connectivity index (χ0n) is 13.8. The molecule has 0 aliphatic carbocycles. The molecule has 1 aromatic heterocycles. The Morgan fingerprint density at radius 1 is 1.19 bits per heavy atom. The van der Waals surface area contributed by atoms with Gasteiger partial charge in [0.2, 0.25) is 5.55 Å². The first-order valence-electron chi connectivity index (χ1n) is 7.49. The van der Waals surface area contributed by atoms with E-state index in [1.807, 2.05) is 0 Å². The van der Waals surface area contributed by atoms with E-state index < -0.39 is 11.9 Å². The Balaban J connectivity index is 2.36. The lowest BCUT2D eigenvalue weighted by Crippen LogP contribution is -2.21. The minimum Gasteiger partial charge on any atom is -0.494 e. The maximum absolute atomic E-state index is 11.9. The molecule has 0 radical (unpaired) electrons. The number of carboxylic acids is 1. The zero-order valence-corrected chi connectivity index (χ0v) is 15.3. The molecule has 9 heteroatoms. The average molecular weight is 407 g/mol. The van der Waals surface area contributed by atoms with Gasteiger partial charge in [-0.2, -0.15) is 0 Å². The third-order valence-electron chi connectivity index (χ3n) is 3.68. The third-order valence-corrected chi connectivity index (χ3v) is 4.18. The Labute approximate surface area is 162 Å². The molecule has 0 aliphatic rings. The van der Waals surface area contributed by atoms with Crippen molar-refractivity contribution in [3.63, 3.8) is 0 Å². The molecule has 0 bridgehead atoms. The molecule has 1 heterocycles. The number of methoxy groups -OCH3 is 1. The Morgan fingerprint density at radius 3 is 2.56 bits per heavy atom. The van der Waals surface area contributed by atoms with Gasteiger partial charge in [-0.1, -0.05) is 23.2 Å². The summed E-state index contributed by atoms with van der Waals surface area (Å²) in [6.07, 6.45) is 0. The van der Waals surface area contributed by atoms with Crippen molar-refractivity contribution < 1.29 is 23.8 Å². The first-order valence-corrected chi connectivity index (χ1v) is 8.24. The smallest absolute Gasteiger partial charge is 0.335 e. The fourth-order valence-electron chi connectivity index (χ4n) is 2.44. The normalized spacial score (nSPS) is 11.6. The number of rotatable bonds is 4. The highest BCUT2D eigenvalue weighted by Crippen LogP contribution is 2.30. The fraction of sp³-hybridized carbons (Fsp3) is 0.0556. The van der Waals surface area contributed by atoms with Gasteiger partial charge in [0.1, 0.15) is 17.0 Å². The monoisotopic (exact) mass is 406 g/mol. The van der Waals surface area contributed by atoms with E-state index >= 15 is 0 Å². The van der Waals surface area contributed by atoms with Crippen LogP contribution >= 0.6 is 23.2 Å². The Hall–Kier alpha value is -3.03. The molecule has 0 saturated carbocycles. The predicted octanol–water partition coefficient (Wildman–Crippen LogP) is 3.78. The molecule has 0 aliphatic heterocycles. The molecule has 0 fully saturated rings. The summed E-state index contributed by atoms with van der Waals surface area (Å²) < 4.78 is 10.9. The highest BCUT2D eigenvalue weighted by Gasteiger charge is 2.14. The van der Waals surface area contributed by atoms with Crippen molar-refractivity contribution in [2.45, 2.75) is 0 Å². The standard InChI is InChI=1S/C18H12Cl2N2O5/c1-26-14-3-2-8(18(24)25)6-13(14)22-17-11(16(21)23)5-9-4-10(19)7-12(20)15(9)27-17/h2-7H,1H3,(H2,21,23)(H,24,25). The zero-order chi connectivity index (χ0) is 19.7. The number of primary amides is 1. The molecule has 0 atom stereocenters. The third kappa shape index (κ3) is 3.74. The fourth-order valence-corrected chi connectivity index (χ4v) is 2.99. The van der Waals surface area contributed by atoms with Crippen LogP contribution in [0.5, 0.6) is 5.75 Å². The lowest BCUT2D eigenvalue weighted by molar-refractivity contribution is 0.0696. The molecule has 7 nitrogen and oxygen atoms in total. The molecule has 1 amide bonds. The van der Waals surface area contributed by atoms with E-state index in [1.54, 1.807) is 6.07 Å². The second-order valence-electron chi connectivity index (χ2n) is 5.44. The quantitative estimate of drug-likeness (QED) is 0.683. The van der Waals surface area contributed by atoms with E-state index in [1.165, 1.54) is 37.4 Å². The van der Waals surface area contributed by atoms with Gasteiger partial charge in [0, 0.05) is 10.4 Å². The number of amides is 1. The van der Waals surface area contributed by atoms with E-state index in [4.69, 9.17) is 38.1 Å². The average Bonchev–Trinajstić information content (AvgIpc) is 2.61. The number of nitrogens with zero attached hydrogens (tertiary/aromatic N) is 1. The molecule has 3 aromatic rings. The number of carbonyl (C=O) groups excluding carboxylic acids is 1. The van der Waals surface area contributed by atoms with Crippen molar-refractivity contribution >= 4 is 51.7 Å². The number of hydrogen-bond acceptors (Lipinski definition) is 5. The van der Waals surface area contributed by atoms with Crippen LogP contribution in [0.4, 0.5) is 5.69 Å². The number of hydrogen-bond donors (Lipinski definition) is 2. The van der Waals surface area contributed by atoms with E-state index in [-0.39, 0.29) is 38.7 Å². The summed E-state index contributed by atoms with van der Waals surface area (Å²) >= 11 is 12.1. The number of benzene rings is 2. The lowest BCUT2D eigenvalue weighted by Gasteiger charge is -2.07. The number of carbonyl (C=O) groups is 2. The van der Waals surface area contributed by atoms with Gasteiger partial charge in [-0.25, -0.2) is 9.79 Å². The van der Waals surface area contributed by atoms with Crippen LogP contribution in [-0.2, 0) is 0 Å². The van der Waals surface area contributed by atoms with E-state index in [0.29, 0.717) is 10.4 Å². The number of nitrogens with two attached hydrogens (primary N) is 1. The van der Waals surface area contributed by atoms with Crippen LogP contribution in [0.1, 0.15) is 20.7 Å². The lowest BCUT2D eigenvalue weighted by atomic mass is 10.1. The summed E-state index contributed by atoms with van der Waals surface area (Å²) in [5, 5.41) is 10.2. The van der Waals surface area contributed by atoms with Gasteiger partial charge in [-0.05, 0) is 36.4 Å². The van der Waals surface area contributed by atoms with Gasteiger partial charge in [0.15, 0.2) is 5.58 Å². The molecule has 0 saturated heterocycles. The number of ether oxygens (including phenoxy) is 1. The Morgan fingerprint density at radius 2 is 1.93 bits per heavy atom. The van der Waals surface area contributed by atoms with Gasteiger partial charge < -0.3 is 20.0 Å². The van der Waals surface area contributed by atoms with Gasteiger partial charge in [-0.3, -0.25) is 4.79 Å². The van der Waals surface area contributed by atoms with Crippen LogP contribution in [0, 0.1) is 0 Å². The van der Waals surface area contributed by atoms with Gasteiger partial charge in [0.05, 0.1) is 17.7 Å². The highest BCUT2D eigenvalue weighted by atomic mass is 35.5. The Bertz CT molecular complexity index is 1150. The SMILES string of the molecule is COc1ccc(C(=O)O)cc1N=c1oc2c(Cl)cc(Cl)cc2cc1C(N)=O. The van der Waals surface area contributed by atoms with Crippen LogP contribution in [0.2, 0.25) is 10.0 Å². The number of fused-ring (bicyclic) bond motifs is 1. The predicted molar refractivity (Wildman–Crippen MR) is 99.9 cm³/mol. The molecular formula is C18H12Cl2N2O5. The van der Waals surface area contributed by atoms with Crippen molar-refractivity contribution in [1.82, 2.24) is 0 Å². The molecule has 0 unspecified atom stereocenters. The molecule has 3 rings (SSSR count). The van der Waals surface area contributed by atoms with Crippen LogP contribution < -0.4 is 16.0 Å². The first-order chi connectivity index (χ1) is 12.8. The second kappa shape index (κ2) is 7.30. The van der Waals surface area contributed by atoms with Crippen molar-refractivity contribution in [3.05, 3.63) is 63.1 Å². The van der Waals surface area contributed by atoms with Gasteiger partial charge in [0.25, 0.3) is 5.91 Å². The summed E-state index contributed by atoms with van der Waals surface area (Å²) in [4.78, 5) is 27.3. The number of carboxylic acid groups (broad SMARTS) is 1. The first kappa shape index (κ1) is 18.8. The van der Waals surface area contributed by atoms with Crippen molar-refractivity contribution in [1.29, 1.82) is 0 Å². The van der Waals surface area contributed by atoms with E-state index in [2.05, 4.69) is 4.99 Å². The molecule has 3 N–H and O–H groups in total. The summed E-state index contributed by atoms with van der Waals surface area (Å²) in [6.45, 7) is 0. The minimum absolute atomic E-state index is 0.0132. The van der Waals surface area contributed by atoms with Crippen LogP contribution in [0.15, 0.2) is 45.8 Å². The van der Waals surface area contributed by atoms with Crippen LogP contribution in [0.25, 0.3) is 11.0 Å². The van der Waals surface area contributed by atoms with Crippen molar-refractivity contribution in [2.24, 2.45) is 10.7 Å². The summed E-state index contributed by atoms with van der Waals surface area (Å²) in [7, 11) is 1.40. The van der Waals surface area contributed by atoms with Gasteiger partial charge >= 0.3 is 5.97 Å². The summed E-state index contributed by atoms with van der Waals surface area (Å²) in [5.74, 6) is -1.64. The number of halogens is 2. The maximum Gasteiger partial charge on any atom is 0.335 e. The second-order valence-corrected chi connectivity index (χ2v) is 6.28. The Kier molecular flexibility index (Phi) is 5.07. The van der Waals surface area contributed by atoms with E-state index in [9.17, 15) is 14.7 Å².